The number of aromatic nitrogens is 2. The molecule has 0 saturated heterocycles. The standard InChI is InChI=1S/C15H8F2N4O3S/c16-10-5-2-6-11(17)12(10)13(22)18-15-20-19-14(25-15)8-3-1-4-9(7-8)21(23)24/h1-7H,(H,18,20,22). The third-order valence-electron chi connectivity index (χ3n) is 3.14. The average molecular weight is 362 g/mol. The number of amides is 1. The Morgan fingerprint density at radius 3 is 2.48 bits per heavy atom. The Labute approximate surface area is 143 Å². The van der Waals surface area contributed by atoms with Crippen molar-refractivity contribution in [3.8, 4) is 10.6 Å². The molecule has 1 heterocycles. The van der Waals surface area contributed by atoms with Crippen LogP contribution in [-0.4, -0.2) is 21.0 Å². The Morgan fingerprint density at radius 2 is 1.80 bits per heavy atom. The Kier molecular flexibility index (Phi) is 4.44. The number of hydrogen-bond donors (Lipinski definition) is 1. The SMILES string of the molecule is O=C(Nc1nnc(-c2cccc([N+](=O)[O-])c2)s1)c1c(F)cccc1F. The van der Waals surface area contributed by atoms with Crippen molar-refractivity contribution in [2.75, 3.05) is 5.32 Å². The van der Waals surface area contributed by atoms with Crippen molar-refractivity contribution in [3.05, 3.63) is 69.8 Å². The van der Waals surface area contributed by atoms with Crippen LogP contribution in [0.3, 0.4) is 0 Å². The van der Waals surface area contributed by atoms with Crippen LogP contribution in [0, 0.1) is 21.7 Å². The third-order valence-corrected chi connectivity index (χ3v) is 4.03. The number of hydrogen-bond acceptors (Lipinski definition) is 6. The summed E-state index contributed by atoms with van der Waals surface area (Å²) in [7, 11) is 0. The molecule has 0 bridgehead atoms. The summed E-state index contributed by atoms with van der Waals surface area (Å²) in [6.07, 6.45) is 0. The fraction of sp³-hybridized carbons (Fsp3) is 0. The van der Waals surface area contributed by atoms with Crippen molar-refractivity contribution in [3.63, 3.8) is 0 Å². The molecule has 0 aliphatic rings. The molecular formula is C15H8F2N4O3S. The number of halogens is 2. The molecule has 25 heavy (non-hydrogen) atoms. The number of nitrogens with one attached hydrogen (secondary N) is 1. The molecule has 1 amide bonds. The maximum atomic E-state index is 13.6. The number of carbonyl (C=O) groups excluding carboxylic acids is 1. The van der Waals surface area contributed by atoms with Gasteiger partial charge in [-0.25, -0.2) is 8.78 Å². The van der Waals surface area contributed by atoms with E-state index in [0.717, 1.165) is 29.5 Å². The first-order chi connectivity index (χ1) is 12.0. The Bertz CT molecular complexity index is 957. The van der Waals surface area contributed by atoms with Crippen LogP contribution in [0.1, 0.15) is 10.4 Å². The van der Waals surface area contributed by atoms with Gasteiger partial charge >= 0.3 is 0 Å². The zero-order valence-electron chi connectivity index (χ0n) is 12.3. The highest BCUT2D eigenvalue weighted by molar-refractivity contribution is 7.18. The van der Waals surface area contributed by atoms with Gasteiger partial charge in [0.2, 0.25) is 5.13 Å². The molecule has 2 aromatic carbocycles. The molecular weight excluding hydrogens is 354 g/mol. The number of anilines is 1. The first kappa shape index (κ1) is 16.6. The molecule has 0 aliphatic heterocycles. The molecule has 0 radical (unpaired) electrons. The van der Waals surface area contributed by atoms with Crippen molar-refractivity contribution in [2.24, 2.45) is 0 Å². The van der Waals surface area contributed by atoms with E-state index in [1.165, 1.54) is 18.2 Å². The highest BCUT2D eigenvalue weighted by atomic mass is 32.1. The lowest BCUT2D eigenvalue weighted by Crippen LogP contribution is -2.15. The monoisotopic (exact) mass is 362 g/mol. The minimum atomic E-state index is -1.00. The molecule has 3 aromatic rings. The van der Waals surface area contributed by atoms with Gasteiger partial charge in [0.1, 0.15) is 22.2 Å². The van der Waals surface area contributed by atoms with Crippen LogP contribution >= 0.6 is 11.3 Å². The lowest BCUT2D eigenvalue weighted by Gasteiger charge is -2.03. The van der Waals surface area contributed by atoms with Gasteiger partial charge in [-0.15, -0.1) is 10.2 Å². The van der Waals surface area contributed by atoms with Crippen LogP contribution in [0.25, 0.3) is 10.6 Å². The van der Waals surface area contributed by atoms with Crippen molar-refractivity contribution in [2.45, 2.75) is 0 Å². The molecule has 0 atom stereocenters. The summed E-state index contributed by atoms with van der Waals surface area (Å²) in [5.74, 6) is -3.00. The minimum Gasteiger partial charge on any atom is -0.296 e. The van der Waals surface area contributed by atoms with Gasteiger partial charge < -0.3 is 0 Å². The molecule has 3 rings (SSSR count). The zero-order valence-corrected chi connectivity index (χ0v) is 13.1. The van der Waals surface area contributed by atoms with Crippen LogP contribution in [-0.2, 0) is 0 Å². The van der Waals surface area contributed by atoms with Crippen LogP contribution in [0.15, 0.2) is 42.5 Å². The summed E-state index contributed by atoms with van der Waals surface area (Å²) in [6, 6.07) is 8.79. The van der Waals surface area contributed by atoms with Crippen LogP contribution < -0.4 is 5.32 Å². The highest BCUT2D eigenvalue weighted by Gasteiger charge is 2.19. The van der Waals surface area contributed by atoms with E-state index < -0.39 is 28.0 Å². The van der Waals surface area contributed by atoms with Gasteiger partial charge in [-0.2, -0.15) is 0 Å². The van der Waals surface area contributed by atoms with Crippen molar-refractivity contribution >= 4 is 28.1 Å². The van der Waals surface area contributed by atoms with E-state index in [9.17, 15) is 23.7 Å². The number of rotatable bonds is 4. The zero-order chi connectivity index (χ0) is 18.0. The smallest absolute Gasteiger partial charge is 0.270 e. The third kappa shape index (κ3) is 3.48. The van der Waals surface area contributed by atoms with Crippen molar-refractivity contribution in [1.82, 2.24) is 10.2 Å². The molecule has 0 saturated carbocycles. The molecule has 10 heteroatoms. The normalized spacial score (nSPS) is 10.5. The van der Waals surface area contributed by atoms with Gasteiger partial charge in [0.25, 0.3) is 11.6 Å². The summed E-state index contributed by atoms with van der Waals surface area (Å²) in [4.78, 5) is 22.3. The van der Waals surface area contributed by atoms with Crippen LogP contribution in [0.4, 0.5) is 19.6 Å². The topological polar surface area (TPSA) is 98.0 Å². The van der Waals surface area contributed by atoms with E-state index in [1.807, 2.05) is 0 Å². The Hall–Kier alpha value is -3.27. The fourth-order valence-electron chi connectivity index (χ4n) is 2.02. The van der Waals surface area contributed by atoms with Crippen molar-refractivity contribution in [1.29, 1.82) is 0 Å². The van der Waals surface area contributed by atoms with Crippen LogP contribution in [0.5, 0.6) is 0 Å². The van der Waals surface area contributed by atoms with Gasteiger partial charge in [0, 0.05) is 17.7 Å². The van der Waals surface area contributed by atoms with E-state index in [4.69, 9.17) is 0 Å². The molecule has 1 aromatic heterocycles. The number of benzene rings is 2. The number of nitro benzene ring substituents is 1. The van der Waals surface area contributed by atoms with Gasteiger partial charge in [-0.3, -0.25) is 20.2 Å². The molecule has 0 unspecified atom stereocenters. The summed E-state index contributed by atoms with van der Waals surface area (Å²) in [6.45, 7) is 0. The molecule has 126 valence electrons. The van der Waals surface area contributed by atoms with Crippen LogP contribution in [0.2, 0.25) is 0 Å². The Morgan fingerprint density at radius 1 is 1.12 bits per heavy atom. The molecule has 7 nitrogen and oxygen atoms in total. The second-order valence-corrected chi connectivity index (χ2v) is 5.75. The molecule has 0 spiro atoms. The summed E-state index contributed by atoms with van der Waals surface area (Å²) in [5, 5.41) is 20.9. The van der Waals surface area contributed by atoms with E-state index in [2.05, 4.69) is 15.5 Å². The molecule has 0 fully saturated rings. The van der Waals surface area contributed by atoms with E-state index in [1.54, 1.807) is 6.07 Å². The van der Waals surface area contributed by atoms with Gasteiger partial charge in [0.15, 0.2) is 0 Å². The number of non-ortho nitro benzene ring substituents is 1. The summed E-state index contributed by atoms with van der Waals surface area (Å²) >= 11 is 0.919. The van der Waals surface area contributed by atoms with Gasteiger partial charge in [-0.05, 0) is 12.1 Å². The number of carbonyl (C=O) groups is 1. The van der Waals surface area contributed by atoms with Gasteiger partial charge in [0.05, 0.1) is 4.92 Å². The fourth-order valence-corrected chi connectivity index (χ4v) is 2.75. The minimum absolute atomic E-state index is 0.00848. The highest BCUT2D eigenvalue weighted by Crippen LogP contribution is 2.29. The van der Waals surface area contributed by atoms with Crippen molar-refractivity contribution < 1.29 is 18.5 Å². The second-order valence-electron chi connectivity index (χ2n) is 4.77. The largest absolute Gasteiger partial charge is 0.296 e. The number of nitro groups is 1. The average Bonchev–Trinajstić information content (AvgIpc) is 3.03. The lowest BCUT2D eigenvalue weighted by molar-refractivity contribution is -0.384. The predicted molar refractivity (Wildman–Crippen MR) is 86.3 cm³/mol. The molecule has 1 N–H and O–H groups in total. The van der Waals surface area contributed by atoms with Gasteiger partial charge in [-0.1, -0.05) is 29.5 Å². The van der Waals surface area contributed by atoms with E-state index >= 15 is 0 Å². The van der Waals surface area contributed by atoms with E-state index in [0.29, 0.717) is 10.6 Å². The second kappa shape index (κ2) is 6.69. The summed E-state index contributed by atoms with van der Waals surface area (Å²) < 4.78 is 27.2. The number of nitrogens with zero attached hydrogens (tertiary/aromatic N) is 3. The first-order valence-electron chi connectivity index (χ1n) is 6.79. The molecule has 0 aliphatic carbocycles. The lowest BCUT2D eigenvalue weighted by atomic mass is 10.2. The maximum Gasteiger partial charge on any atom is 0.270 e. The predicted octanol–water partition coefficient (Wildman–Crippen LogP) is 3.64. The quantitative estimate of drug-likeness (QED) is 0.564. The first-order valence-corrected chi connectivity index (χ1v) is 7.61. The maximum absolute atomic E-state index is 13.6. The summed E-state index contributed by atoms with van der Waals surface area (Å²) in [5.41, 5.74) is -0.411. The Balaban J connectivity index is 1.84. The van der Waals surface area contributed by atoms with E-state index in [-0.39, 0.29) is 10.8 Å².